The van der Waals surface area contributed by atoms with Crippen molar-refractivity contribution in [3.8, 4) is 0 Å². The number of anilines is 1. The number of amides is 1. The minimum Gasteiger partial charge on any atom is -0.330 e. The molecule has 0 saturated heterocycles. The largest absolute Gasteiger partial charge is 0.330 e. The summed E-state index contributed by atoms with van der Waals surface area (Å²) in [6.07, 6.45) is 0.684. The number of hydrogen-bond acceptors (Lipinski definition) is 4. The number of nitrogens with two attached hydrogens (primary N) is 1. The number of nitro groups is 1. The molecule has 1 amide bonds. The highest BCUT2D eigenvalue weighted by Crippen LogP contribution is 2.27. The van der Waals surface area contributed by atoms with Gasteiger partial charge in [0.25, 0.3) is 5.69 Å². The molecule has 0 spiro atoms. The van der Waals surface area contributed by atoms with Gasteiger partial charge in [0.05, 0.1) is 10.8 Å². The van der Waals surface area contributed by atoms with Crippen molar-refractivity contribution in [3.63, 3.8) is 0 Å². The Bertz CT molecular complexity index is 506. The van der Waals surface area contributed by atoms with Crippen LogP contribution in [0.2, 0.25) is 5.02 Å². The third-order valence-electron chi connectivity index (χ3n) is 2.82. The fraction of sp³-hybridized carbons (Fsp3) is 0.462. The highest BCUT2D eigenvalue weighted by atomic mass is 35.5. The molecule has 0 fully saturated rings. The monoisotopic (exact) mass is 299 g/mol. The molecular formula is C13H18ClN3O3. The zero-order chi connectivity index (χ0) is 15.3. The summed E-state index contributed by atoms with van der Waals surface area (Å²) in [7, 11) is 0. The van der Waals surface area contributed by atoms with Gasteiger partial charge in [0.15, 0.2) is 0 Å². The van der Waals surface area contributed by atoms with Gasteiger partial charge in [0.1, 0.15) is 5.02 Å². The van der Waals surface area contributed by atoms with Crippen LogP contribution in [0.5, 0.6) is 0 Å². The van der Waals surface area contributed by atoms with Crippen LogP contribution in [0, 0.1) is 22.0 Å². The lowest BCUT2D eigenvalue weighted by Gasteiger charge is -2.16. The van der Waals surface area contributed by atoms with Crippen molar-refractivity contribution in [2.75, 3.05) is 11.9 Å². The Hall–Kier alpha value is -1.66. The minimum atomic E-state index is -0.574. The van der Waals surface area contributed by atoms with E-state index in [1.165, 1.54) is 18.2 Å². The van der Waals surface area contributed by atoms with Gasteiger partial charge >= 0.3 is 0 Å². The maximum atomic E-state index is 12.0. The van der Waals surface area contributed by atoms with E-state index in [0.29, 0.717) is 18.0 Å². The smallest absolute Gasteiger partial charge is 0.288 e. The number of rotatable bonds is 6. The molecular weight excluding hydrogens is 282 g/mol. The Labute approximate surface area is 122 Å². The van der Waals surface area contributed by atoms with Gasteiger partial charge in [0, 0.05) is 18.3 Å². The average Bonchev–Trinajstić information content (AvgIpc) is 2.35. The molecule has 0 bridgehead atoms. The Kier molecular flexibility index (Phi) is 5.91. The normalized spacial score (nSPS) is 12.2. The molecule has 20 heavy (non-hydrogen) atoms. The molecule has 1 unspecified atom stereocenters. The molecule has 1 aromatic carbocycles. The fourth-order valence-corrected chi connectivity index (χ4v) is 2.11. The molecule has 0 aromatic heterocycles. The molecule has 0 aliphatic carbocycles. The Balaban J connectivity index is 2.80. The van der Waals surface area contributed by atoms with Gasteiger partial charge in [-0.15, -0.1) is 0 Å². The third kappa shape index (κ3) is 4.47. The van der Waals surface area contributed by atoms with Gasteiger partial charge in [-0.05, 0) is 24.5 Å². The minimum absolute atomic E-state index is 0.0130. The van der Waals surface area contributed by atoms with Crippen molar-refractivity contribution in [1.29, 1.82) is 0 Å². The highest BCUT2D eigenvalue weighted by Gasteiger charge is 2.19. The summed E-state index contributed by atoms with van der Waals surface area (Å²) >= 11 is 5.79. The Morgan fingerprint density at radius 2 is 2.15 bits per heavy atom. The molecule has 3 N–H and O–H groups in total. The summed E-state index contributed by atoms with van der Waals surface area (Å²) in [4.78, 5) is 22.1. The maximum Gasteiger partial charge on any atom is 0.288 e. The molecule has 0 aliphatic rings. The highest BCUT2D eigenvalue weighted by molar-refractivity contribution is 6.33. The summed E-state index contributed by atoms with van der Waals surface area (Å²) in [5.41, 5.74) is 5.82. The zero-order valence-corrected chi connectivity index (χ0v) is 12.2. The quantitative estimate of drug-likeness (QED) is 0.623. The van der Waals surface area contributed by atoms with Gasteiger partial charge in [-0.1, -0.05) is 25.4 Å². The SMILES string of the molecule is CC(C)CC(CN)C(=O)Nc1ccc([N+](=O)[O-])c(Cl)c1. The predicted molar refractivity (Wildman–Crippen MR) is 78.7 cm³/mol. The number of carbonyl (C=O) groups is 1. The molecule has 0 heterocycles. The first-order valence-corrected chi connectivity index (χ1v) is 6.67. The second kappa shape index (κ2) is 7.21. The van der Waals surface area contributed by atoms with E-state index in [-0.39, 0.29) is 29.1 Å². The van der Waals surface area contributed by atoms with Crippen LogP contribution in [0.3, 0.4) is 0 Å². The number of nitrogens with one attached hydrogen (secondary N) is 1. The van der Waals surface area contributed by atoms with Crippen molar-refractivity contribution >= 4 is 28.9 Å². The summed E-state index contributed by atoms with van der Waals surface area (Å²) < 4.78 is 0. The first-order valence-electron chi connectivity index (χ1n) is 6.30. The van der Waals surface area contributed by atoms with Gasteiger partial charge in [-0.3, -0.25) is 14.9 Å². The fourth-order valence-electron chi connectivity index (χ4n) is 1.86. The van der Waals surface area contributed by atoms with Gasteiger partial charge in [-0.25, -0.2) is 0 Å². The molecule has 1 atom stereocenters. The lowest BCUT2D eigenvalue weighted by Crippen LogP contribution is -2.30. The lowest BCUT2D eigenvalue weighted by atomic mass is 9.96. The van der Waals surface area contributed by atoms with E-state index in [2.05, 4.69) is 5.32 Å². The van der Waals surface area contributed by atoms with Crippen molar-refractivity contribution in [2.45, 2.75) is 20.3 Å². The first-order chi connectivity index (χ1) is 9.35. The maximum absolute atomic E-state index is 12.0. The molecule has 110 valence electrons. The summed E-state index contributed by atoms with van der Waals surface area (Å²) in [5, 5.41) is 13.3. The molecule has 0 saturated carbocycles. The summed E-state index contributed by atoms with van der Waals surface area (Å²) in [6, 6.07) is 4.07. The summed E-state index contributed by atoms with van der Waals surface area (Å²) in [6.45, 7) is 4.28. The van der Waals surface area contributed by atoms with E-state index < -0.39 is 4.92 Å². The lowest BCUT2D eigenvalue weighted by molar-refractivity contribution is -0.384. The van der Waals surface area contributed by atoms with Crippen LogP contribution in [0.15, 0.2) is 18.2 Å². The molecule has 0 aliphatic heterocycles. The van der Waals surface area contributed by atoms with Crippen LogP contribution in [-0.2, 0) is 4.79 Å². The first kappa shape index (κ1) is 16.4. The van der Waals surface area contributed by atoms with Crippen LogP contribution < -0.4 is 11.1 Å². The number of benzene rings is 1. The van der Waals surface area contributed by atoms with E-state index in [0.717, 1.165) is 0 Å². The third-order valence-corrected chi connectivity index (χ3v) is 3.13. The number of halogens is 1. The van der Waals surface area contributed by atoms with Crippen LogP contribution >= 0.6 is 11.6 Å². The van der Waals surface area contributed by atoms with E-state index in [9.17, 15) is 14.9 Å². The number of carbonyl (C=O) groups excluding carboxylic acids is 1. The summed E-state index contributed by atoms with van der Waals surface area (Å²) in [5.74, 6) is -0.134. The molecule has 7 heteroatoms. The average molecular weight is 300 g/mol. The Morgan fingerprint density at radius 3 is 2.60 bits per heavy atom. The van der Waals surface area contributed by atoms with Crippen molar-refractivity contribution < 1.29 is 9.72 Å². The van der Waals surface area contributed by atoms with Crippen molar-refractivity contribution in [1.82, 2.24) is 0 Å². The number of hydrogen-bond donors (Lipinski definition) is 2. The second-order valence-electron chi connectivity index (χ2n) is 4.97. The molecule has 1 aromatic rings. The second-order valence-corrected chi connectivity index (χ2v) is 5.38. The van der Waals surface area contributed by atoms with Crippen LogP contribution in [-0.4, -0.2) is 17.4 Å². The Morgan fingerprint density at radius 1 is 1.50 bits per heavy atom. The van der Waals surface area contributed by atoms with Gasteiger partial charge in [0.2, 0.25) is 5.91 Å². The van der Waals surface area contributed by atoms with Crippen molar-refractivity contribution in [2.24, 2.45) is 17.6 Å². The van der Waals surface area contributed by atoms with E-state index in [1.807, 2.05) is 13.8 Å². The van der Waals surface area contributed by atoms with Crippen LogP contribution in [0.25, 0.3) is 0 Å². The van der Waals surface area contributed by atoms with Crippen molar-refractivity contribution in [3.05, 3.63) is 33.3 Å². The van der Waals surface area contributed by atoms with Gasteiger partial charge in [-0.2, -0.15) is 0 Å². The predicted octanol–water partition coefficient (Wildman–Crippen LogP) is 2.81. The van der Waals surface area contributed by atoms with E-state index in [4.69, 9.17) is 17.3 Å². The molecule has 6 nitrogen and oxygen atoms in total. The van der Waals surface area contributed by atoms with E-state index in [1.54, 1.807) is 0 Å². The standard InChI is InChI=1S/C13H18ClN3O3/c1-8(2)5-9(7-15)13(18)16-10-3-4-12(17(19)20)11(14)6-10/h3-4,6,8-9H,5,7,15H2,1-2H3,(H,16,18). The van der Waals surface area contributed by atoms with Gasteiger partial charge < -0.3 is 11.1 Å². The van der Waals surface area contributed by atoms with Crippen LogP contribution in [0.4, 0.5) is 11.4 Å². The molecule has 1 rings (SSSR count). The van der Waals surface area contributed by atoms with E-state index >= 15 is 0 Å². The van der Waals surface area contributed by atoms with Crippen LogP contribution in [0.1, 0.15) is 20.3 Å². The topological polar surface area (TPSA) is 98.3 Å². The zero-order valence-electron chi connectivity index (χ0n) is 11.4. The molecule has 0 radical (unpaired) electrons. The number of nitro benzene ring substituents is 1. The number of nitrogens with zero attached hydrogens (tertiary/aromatic N) is 1.